The number of rotatable bonds is 6. The fourth-order valence-electron chi connectivity index (χ4n) is 3.17. The molecule has 6 heteroatoms. The summed E-state index contributed by atoms with van der Waals surface area (Å²) in [5.74, 6) is 1.66. The van der Waals surface area contributed by atoms with Gasteiger partial charge in [0.05, 0.1) is 6.54 Å². The van der Waals surface area contributed by atoms with E-state index in [1.54, 1.807) is 18.5 Å². The molecule has 0 aromatic carbocycles. The number of hydrogen-bond donors (Lipinski definition) is 1. The maximum absolute atomic E-state index is 7.02. The van der Waals surface area contributed by atoms with Crippen molar-refractivity contribution < 1.29 is 0 Å². The zero-order valence-corrected chi connectivity index (χ0v) is 15.3. The Kier molecular flexibility index (Phi) is 5.84. The van der Waals surface area contributed by atoms with Gasteiger partial charge in [-0.05, 0) is 50.8 Å². The lowest BCUT2D eigenvalue weighted by atomic mass is 9.96. The predicted molar refractivity (Wildman–Crippen MR) is 106 cm³/mol. The molecule has 0 unspecified atom stereocenters. The predicted octanol–water partition coefficient (Wildman–Crippen LogP) is 3.48. The number of anilines is 1. The van der Waals surface area contributed by atoms with Crippen molar-refractivity contribution in [2.24, 2.45) is 4.99 Å². The molecule has 6 nitrogen and oxygen atoms in total. The molecule has 0 saturated heterocycles. The molecule has 0 aliphatic heterocycles. The molecule has 2 heterocycles. The zero-order chi connectivity index (χ0) is 18.4. The SMILES string of the molecule is C/C(CN(C)c1nc(-c2ccccn2)nc2c1CCCC2)=N\C=C/C=N. The molecule has 0 fully saturated rings. The van der Waals surface area contributed by atoms with Crippen LogP contribution in [0.2, 0.25) is 0 Å². The summed E-state index contributed by atoms with van der Waals surface area (Å²) in [5.41, 5.74) is 4.16. The molecule has 26 heavy (non-hydrogen) atoms. The van der Waals surface area contributed by atoms with Crippen LogP contribution in [0.15, 0.2) is 41.7 Å². The molecule has 134 valence electrons. The topological polar surface area (TPSA) is 78.1 Å². The molecular weight excluding hydrogens is 324 g/mol. The van der Waals surface area contributed by atoms with Gasteiger partial charge in [0.2, 0.25) is 0 Å². The first kappa shape index (κ1) is 17.9. The number of aromatic nitrogens is 3. The minimum atomic E-state index is 0.674. The van der Waals surface area contributed by atoms with Gasteiger partial charge in [0.25, 0.3) is 0 Å². The lowest BCUT2D eigenvalue weighted by Crippen LogP contribution is -2.27. The maximum Gasteiger partial charge on any atom is 0.180 e. The molecule has 0 radical (unpaired) electrons. The van der Waals surface area contributed by atoms with Gasteiger partial charge in [-0.2, -0.15) is 0 Å². The van der Waals surface area contributed by atoms with Gasteiger partial charge in [-0.1, -0.05) is 6.07 Å². The third-order valence-corrected chi connectivity index (χ3v) is 4.36. The summed E-state index contributed by atoms with van der Waals surface area (Å²) in [5, 5.41) is 7.02. The van der Waals surface area contributed by atoms with Crippen LogP contribution in [0.5, 0.6) is 0 Å². The van der Waals surface area contributed by atoms with Crippen molar-refractivity contribution in [1.82, 2.24) is 15.0 Å². The molecule has 0 amide bonds. The number of hydrogen-bond acceptors (Lipinski definition) is 6. The fourth-order valence-corrected chi connectivity index (χ4v) is 3.17. The summed E-state index contributed by atoms with van der Waals surface area (Å²) in [6.07, 6.45) is 10.6. The minimum Gasteiger partial charge on any atom is -0.354 e. The molecule has 3 rings (SSSR count). The standard InChI is InChI=1S/C20H24N6/c1-15(22-13-7-11-21)14-26(2)20-16-8-3-4-9-17(16)24-19(25-20)18-10-5-6-12-23-18/h5-7,10-13,21H,3-4,8-9,14H2,1-2H3/b13-7-,21-11?,22-15+. The largest absolute Gasteiger partial charge is 0.354 e. The summed E-state index contributed by atoms with van der Waals surface area (Å²) in [4.78, 5) is 20.6. The summed E-state index contributed by atoms with van der Waals surface area (Å²) >= 11 is 0. The zero-order valence-electron chi connectivity index (χ0n) is 15.3. The van der Waals surface area contributed by atoms with E-state index in [0.717, 1.165) is 35.8 Å². The monoisotopic (exact) mass is 348 g/mol. The lowest BCUT2D eigenvalue weighted by molar-refractivity contribution is 0.661. The highest BCUT2D eigenvalue weighted by Crippen LogP contribution is 2.29. The Morgan fingerprint density at radius 3 is 2.88 bits per heavy atom. The van der Waals surface area contributed by atoms with Gasteiger partial charge in [0.1, 0.15) is 11.5 Å². The van der Waals surface area contributed by atoms with E-state index in [2.05, 4.69) is 14.9 Å². The molecule has 0 bridgehead atoms. The number of fused-ring (bicyclic) bond motifs is 1. The van der Waals surface area contributed by atoms with Crippen LogP contribution >= 0.6 is 0 Å². The smallest absolute Gasteiger partial charge is 0.180 e. The minimum absolute atomic E-state index is 0.674. The molecule has 0 spiro atoms. The van der Waals surface area contributed by atoms with Crippen LogP contribution < -0.4 is 4.90 Å². The molecule has 0 atom stereocenters. The van der Waals surface area contributed by atoms with Crippen LogP contribution in [-0.4, -0.2) is 40.5 Å². The van der Waals surface area contributed by atoms with Gasteiger partial charge in [-0.3, -0.25) is 9.98 Å². The van der Waals surface area contributed by atoms with E-state index < -0.39 is 0 Å². The second-order valence-corrected chi connectivity index (χ2v) is 6.45. The Morgan fingerprint density at radius 2 is 2.12 bits per heavy atom. The van der Waals surface area contributed by atoms with E-state index in [0.29, 0.717) is 12.4 Å². The summed E-state index contributed by atoms with van der Waals surface area (Å²) in [6, 6.07) is 5.81. The normalized spacial score (nSPS) is 14.3. The highest BCUT2D eigenvalue weighted by molar-refractivity contribution is 5.87. The van der Waals surface area contributed by atoms with Crippen molar-refractivity contribution in [3.63, 3.8) is 0 Å². The van der Waals surface area contributed by atoms with Gasteiger partial charge in [-0.25, -0.2) is 9.97 Å². The number of aryl methyl sites for hydroxylation is 1. The van der Waals surface area contributed by atoms with Crippen LogP contribution in [0.25, 0.3) is 11.5 Å². The first-order valence-electron chi connectivity index (χ1n) is 8.90. The molecule has 1 aliphatic rings. The second-order valence-electron chi connectivity index (χ2n) is 6.45. The van der Waals surface area contributed by atoms with Crippen molar-refractivity contribution >= 4 is 17.7 Å². The first-order valence-corrected chi connectivity index (χ1v) is 8.90. The number of aliphatic imine (C=N–C) groups is 1. The van der Waals surface area contributed by atoms with Crippen LogP contribution in [0.1, 0.15) is 31.0 Å². The number of allylic oxidation sites excluding steroid dienone is 1. The highest BCUT2D eigenvalue weighted by atomic mass is 15.2. The van der Waals surface area contributed by atoms with Crippen LogP contribution in [-0.2, 0) is 12.8 Å². The van der Waals surface area contributed by atoms with Crippen molar-refractivity contribution in [2.45, 2.75) is 32.6 Å². The Bertz CT molecular complexity index is 826. The van der Waals surface area contributed by atoms with E-state index >= 15 is 0 Å². The molecule has 0 saturated carbocycles. The number of pyridine rings is 1. The van der Waals surface area contributed by atoms with E-state index in [4.69, 9.17) is 15.4 Å². The van der Waals surface area contributed by atoms with Crippen molar-refractivity contribution in [3.8, 4) is 11.5 Å². The molecular formula is C20H24N6. The van der Waals surface area contributed by atoms with E-state index in [1.807, 2.05) is 32.2 Å². The Labute approximate surface area is 154 Å². The van der Waals surface area contributed by atoms with Gasteiger partial charge in [0.15, 0.2) is 5.82 Å². The van der Waals surface area contributed by atoms with E-state index in [9.17, 15) is 0 Å². The van der Waals surface area contributed by atoms with Gasteiger partial charge < -0.3 is 10.3 Å². The van der Waals surface area contributed by atoms with Crippen LogP contribution in [0.3, 0.4) is 0 Å². The van der Waals surface area contributed by atoms with E-state index in [1.165, 1.54) is 24.6 Å². The Morgan fingerprint density at radius 1 is 1.27 bits per heavy atom. The molecule has 2 aromatic rings. The number of nitrogens with one attached hydrogen (secondary N) is 1. The average molecular weight is 348 g/mol. The van der Waals surface area contributed by atoms with Crippen molar-refractivity contribution in [3.05, 3.63) is 47.9 Å². The summed E-state index contributed by atoms with van der Waals surface area (Å²) in [7, 11) is 2.04. The molecule has 1 aliphatic carbocycles. The first-order chi connectivity index (χ1) is 12.7. The maximum atomic E-state index is 7.02. The third-order valence-electron chi connectivity index (χ3n) is 4.36. The summed E-state index contributed by atoms with van der Waals surface area (Å²) in [6.45, 7) is 2.66. The second kappa shape index (κ2) is 8.47. The van der Waals surface area contributed by atoms with Gasteiger partial charge in [0, 0.05) is 42.6 Å². The fraction of sp³-hybridized carbons (Fsp3) is 0.350. The Balaban J connectivity index is 1.95. The average Bonchev–Trinajstić information content (AvgIpc) is 2.68. The Hall–Kier alpha value is -2.89. The summed E-state index contributed by atoms with van der Waals surface area (Å²) < 4.78 is 0. The van der Waals surface area contributed by atoms with Gasteiger partial charge >= 0.3 is 0 Å². The highest BCUT2D eigenvalue weighted by Gasteiger charge is 2.21. The third kappa shape index (κ3) is 4.20. The van der Waals surface area contributed by atoms with Crippen LogP contribution in [0.4, 0.5) is 5.82 Å². The van der Waals surface area contributed by atoms with E-state index in [-0.39, 0.29) is 0 Å². The molecule has 1 N–H and O–H groups in total. The lowest BCUT2D eigenvalue weighted by Gasteiger charge is -2.25. The van der Waals surface area contributed by atoms with Gasteiger partial charge in [-0.15, -0.1) is 0 Å². The molecule has 2 aromatic heterocycles. The van der Waals surface area contributed by atoms with Crippen LogP contribution in [0, 0.1) is 5.41 Å². The quantitative estimate of drug-likeness (QED) is 0.811. The van der Waals surface area contributed by atoms with Crippen molar-refractivity contribution in [1.29, 1.82) is 5.41 Å². The number of nitrogens with zero attached hydrogens (tertiary/aromatic N) is 5. The van der Waals surface area contributed by atoms with Crippen molar-refractivity contribution in [2.75, 3.05) is 18.5 Å².